The third kappa shape index (κ3) is 4.65. The summed E-state index contributed by atoms with van der Waals surface area (Å²) in [6.45, 7) is 2.56. The molecule has 0 bridgehead atoms. The average Bonchev–Trinajstić information content (AvgIpc) is 2.60. The Bertz CT molecular complexity index is 688. The molecule has 1 heterocycles. The highest BCUT2D eigenvalue weighted by atomic mass is 16.5. The van der Waals surface area contributed by atoms with Crippen molar-refractivity contribution in [1.82, 2.24) is 0 Å². The van der Waals surface area contributed by atoms with E-state index < -0.39 is 0 Å². The standard InChI is InChI=1S/C19H24N2O3/c1-14-13-16(5-7-17(14)20-2)24-15-6-8-18(22-3)19(23-4)10-12-21-11-9-15/h5,7-11,13,20H,6,12H2,1-4H3/b15-9+,18-8+,19-10+,21-11-. The zero-order chi connectivity index (χ0) is 17.4. The fourth-order valence-electron chi connectivity index (χ4n) is 2.37. The lowest BCUT2D eigenvalue weighted by Gasteiger charge is -2.13. The summed E-state index contributed by atoms with van der Waals surface area (Å²) in [5.74, 6) is 2.91. The van der Waals surface area contributed by atoms with Crippen LogP contribution in [0.4, 0.5) is 5.69 Å². The Morgan fingerprint density at radius 2 is 1.83 bits per heavy atom. The second-order valence-corrected chi connectivity index (χ2v) is 5.23. The summed E-state index contributed by atoms with van der Waals surface area (Å²) in [6.07, 6.45) is 8.01. The fourth-order valence-corrected chi connectivity index (χ4v) is 2.37. The molecule has 1 N–H and O–H groups in total. The van der Waals surface area contributed by atoms with Crippen molar-refractivity contribution in [2.24, 2.45) is 4.99 Å². The predicted octanol–water partition coefficient (Wildman–Crippen LogP) is 3.83. The predicted molar refractivity (Wildman–Crippen MR) is 97.6 cm³/mol. The maximum absolute atomic E-state index is 6.01. The molecule has 0 atom stereocenters. The van der Waals surface area contributed by atoms with E-state index in [1.165, 1.54) is 0 Å². The Hall–Kier alpha value is -2.69. The molecule has 0 aromatic heterocycles. The fraction of sp³-hybridized carbons (Fsp3) is 0.316. The minimum absolute atomic E-state index is 0.517. The van der Waals surface area contributed by atoms with Crippen molar-refractivity contribution in [2.75, 3.05) is 33.1 Å². The van der Waals surface area contributed by atoms with E-state index in [4.69, 9.17) is 14.2 Å². The summed E-state index contributed by atoms with van der Waals surface area (Å²) < 4.78 is 16.8. The molecule has 128 valence electrons. The third-order valence-electron chi connectivity index (χ3n) is 3.64. The first-order chi connectivity index (χ1) is 11.7. The van der Waals surface area contributed by atoms with Gasteiger partial charge in [0.1, 0.15) is 11.5 Å². The number of allylic oxidation sites excluding steroid dienone is 2. The van der Waals surface area contributed by atoms with Gasteiger partial charge in [-0.15, -0.1) is 0 Å². The summed E-state index contributed by atoms with van der Waals surface area (Å²) in [6, 6.07) is 5.95. The van der Waals surface area contributed by atoms with Crippen LogP contribution in [0.25, 0.3) is 0 Å². The van der Waals surface area contributed by atoms with Crippen LogP contribution in [0.1, 0.15) is 12.0 Å². The summed E-state index contributed by atoms with van der Waals surface area (Å²) in [4.78, 5) is 4.31. The summed E-state index contributed by atoms with van der Waals surface area (Å²) in [5, 5.41) is 3.15. The number of rotatable bonds is 5. The number of hydrogen-bond acceptors (Lipinski definition) is 5. The van der Waals surface area contributed by atoms with Gasteiger partial charge in [0.05, 0.1) is 20.8 Å². The molecule has 1 aliphatic rings. The van der Waals surface area contributed by atoms with Crippen LogP contribution >= 0.6 is 0 Å². The van der Waals surface area contributed by atoms with Gasteiger partial charge in [-0.3, -0.25) is 4.99 Å². The van der Waals surface area contributed by atoms with Gasteiger partial charge in [0.25, 0.3) is 0 Å². The van der Waals surface area contributed by atoms with Gasteiger partial charge in [0, 0.05) is 25.4 Å². The van der Waals surface area contributed by atoms with Crippen LogP contribution < -0.4 is 10.1 Å². The van der Waals surface area contributed by atoms with Crippen LogP contribution in [0.15, 0.2) is 58.7 Å². The monoisotopic (exact) mass is 328 g/mol. The van der Waals surface area contributed by atoms with Crippen molar-refractivity contribution in [1.29, 1.82) is 0 Å². The molecule has 2 rings (SSSR count). The molecule has 1 aliphatic heterocycles. The number of nitrogens with zero attached hydrogens (tertiary/aromatic N) is 1. The quantitative estimate of drug-likeness (QED) is 0.892. The van der Waals surface area contributed by atoms with E-state index in [1.807, 2.05) is 50.4 Å². The van der Waals surface area contributed by atoms with Gasteiger partial charge in [-0.05, 0) is 48.9 Å². The first kappa shape index (κ1) is 17.7. The molecule has 0 radical (unpaired) electrons. The molecule has 0 aliphatic carbocycles. The maximum Gasteiger partial charge on any atom is 0.158 e. The summed E-state index contributed by atoms with van der Waals surface area (Å²) in [5.41, 5.74) is 2.21. The van der Waals surface area contributed by atoms with Gasteiger partial charge in [0.2, 0.25) is 0 Å². The largest absolute Gasteiger partial charge is 0.493 e. The highest BCUT2D eigenvalue weighted by Crippen LogP contribution is 2.24. The zero-order valence-corrected chi connectivity index (χ0v) is 14.6. The van der Waals surface area contributed by atoms with Gasteiger partial charge in [-0.2, -0.15) is 0 Å². The van der Waals surface area contributed by atoms with E-state index in [1.54, 1.807) is 20.4 Å². The number of aliphatic imine (C=N–C) groups is 1. The number of hydrogen-bond donors (Lipinski definition) is 1. The maximum atomic E-state index is 6.01. The Labute approximate surface area is 143 Å². The number of ether oxygens (including phenoxy) is 3. The number of methoxy groups -OCH3 is 2. The molecule has 24 heavy (non-hydrogen) atoms. The molecule has 0 fully saturated rings. The van der Waals surface area contributed by atoms with Crippen LogP contribution in [-0.4, -0.2) is 34.0 Å². The lowest BCUT2D eigenvalue weighted by atomic mass is 10.2. The van der Waals surface area contributed by atoms with E-state index in [2.05, 4.69) is 10.3 Å². The minimum atomic E-state index is 0.517. The molecule has 5 heteroatoms. The molecule has 5 nitrogen and oxygen atoms in total. The van der Waals surface area contributed by atoms with Gasteiger partial charge < -0.3 is 19.5 Å². The highest BCUT2D eigenvalue weighted by Gasteiger charge is 2.08. The smallest absolute Gasteiger partial charge is 0.158 e. The zero-order valence-electron chi connectivity index (χ0n) is 14.6. The number of nitrogens with one attached hydrogen (secondary N) is 1. The molecule has 0 saturated heterocycles. The average molecular weight is 328 g/mol. The first-order valence-electron chi connectivity index (χ1n) is 7.81. The normalized spacial score (nSPS) is 22.8. The Morgan fingerprint density at radius 3 is 2.50 bits per heavy atom. The molecular formula is C19H24N2O3. The second kappa shape index (κ2) is 8.82. The van der Waals surface area contributed by atoms with Crippen LogP contribution in [0, 0.1) is 6.92 Å². The van der Waals surface area contributed by atoms with Crippen molar-refractivity contribution >= 4 is 11.9 Å². The van der Waals surface area contributed by atoms with Gasteiger partial charge >= 0.3 is 0 Å². The molecule has 0 spiro atoms. The van der Waals surface area contributed by atoms with E-state index in [0.717, 1.165) is 22.8 Å². The second-order valence-electron chi connectivity index (χ2n) is 5.23. The third-order valence-corrected chi connectivity index (χ3v) is 3.64. The number of aryl methyl sites for hydroxylation is 1. The minimum Gasteiger partial charge on any atom is -0.493 e. The lowest BCUT2D eigenvalue weighted by Crippen LogP contribution is -2.01. The van der Waals surface area contributed by atoms with Crippen molar-refractivity contribution in [3.8, 4) is 5.75 Å². The molecule has 0 unspecified atom stereocenters. The van der Waals surface area contributed by atoms with E-state index in [9.17, 15) is 0 Å². The van der Waals surface area contributed by atoms with E-state index >= 15 is 0 Å². The van der Waals surface area contributed by atoms with Crippen LogP contribution in [-0.2, 0) is 9.47 Å². The SMILES string of the molecule is CNc1ccc(O/C2=C/C=N\C/C=C(OC)\C(OC)=C/C2)cc1C. The Balaban J connectivity index is 2.21. The van der Waals surface area contributed by atoms with Gasteiger partial charge in [-0.25, -0.2) is 0 Å². The van der Waals surface area contributed by atoms with E-state index in [-0.39, 0.29) is 0 Å². The van der Waals surface area contributed by atoms with Crippen molar-refractivity contribution < 1.29 is 14.2 Å². The van der Waals surface area contributed by atoms with E-state index in [0.29, 0.717) is 24.5 Å². The molecule has 1 aromatic carbocycles. The van der Waals surface area contributed by atoms with Crippen LogP contribution in [0.5, 0.6) is 5.75 Å². The van der Waals surface area contributed by atoms with Gasteiger partial charge in [0.15, 0.2) is 11.5 Å². The number of benzene rings is 1. The summed E-state index contributed by atoms with van der Waals surface area (Å²) in [7, 11) is 5.15. The van der Waals surface area contributed by atoms with Crippen molar-refractivity contribution in [2.45, 2.75) is 13.3 Å². The van der Waals surface area contributed by atoms with Crippen LogP contribution in [0.2, 0.25) is 0 Å². The lowest BCUT2D eigenvalue weighted by molar-refractivity contribution is 0.218. The molecule has 0 saturated carbocycles. The molecule has 1 aromatic rings. The molecule has 0 amide bonds. The first-order valence-corrected chi connectivity index (χ1v) is 7.81. The van der Waals surface area contributed by atoms with Gasteiger partial charge in [-0.1, -0.05) is 0 Å². The van der Waals surface area contributed by atoms with Crippen LogP contribution in [0.3, 0.4) is 0 Å². The number of anilines is 1. The van der Waals surface area contributed by atoms with Crippen molar-refractivity contribution in [3.63, 3.8) is 0 Å². The highest BCUT2D eigenvalue weighted by molar-refractivity contribution is 5.72. The molecular weight excluding hydrogens is 304 g/mol. The topological polar surface area (TPSA) is 52.1 Å². The van der Waals surface area contributed by atoms with Crippen molar-refractivity contribution in [3.05, 3.63) is 59.3 Å². The Morgan fingerprint density at radius 1 is 1.08 bits per heavy atom. The summed E-state index contributed by atoms with van der Waals surface area (Å²) >= 11 is 0. The Kier molecular flexibility index (Phi) is 6.49.